The number of H-pyrrole nitrogens is 1. The third kappa shape index (κ3) is 3.86. The zero-order valence-electron chi connectivity index (χ0n) is 16.5. The molecule has 0 saturated heterocycles. The van der Waals surface area contributed by atoms with Crippen LogP contribution in [0.5, 0.6) is 0 Å². The van der Waals surface area contributed by atoms with Crippen molar-refractivity contribution >= 4 is 23.6 Å². The summed E-state index contributed by atoms with van der Waals surface area (Å²) in [6.45, 7) is 10.7. The number of aromatic nitrogens is 1. The maximum Gasteiger partial charge on any atom is 0.256 e. The molecule has 0 amide bonds. The molecule has 2 aliphatic heterocycles. The van der Waals surface area contributed by atoms with Gasteiger partial charge in [-0.25, -0.2) is 0 Å². The molecule has 6 heteroatoms. The standard InChI is InChI=1S/C22H26N4O2/c1-5-7-16-11-17(22(28)25-19(16)10-15(4)27)18-12-24-20-9-8-14(3)13-26(20)21(18)23-6-2/h7-11,13,23,27H,4-6,12H2,1-3H3,(H,25,28)/b16-7-,19-10+. The Kier molecular flexibility index (Phi) is 5.68. The summed E-state index contributed by atoms with van der Waals surface area (Å²) < 4.78 is 0. The van der Waals surface area contributed by atoms with Crippen LogP contribution in [0.25, 0.3) is 17.7 Å². The predicted octanol–water partition coefficient (Wildman–Crippen LogP) is 1.88. The summed E-state index contributed by atoms with van der Waals surface area (Å²) >= 11 is 0. The fourth-order valence-corrected chi connectivity index (χ4v) is 3.32. The number of nitrogens with one attached hydrogen (secondary N) is 2. The second kappa shape index (κ2) is 8.17. The molecule has 0 atom stereocenters. The maximum atomic E-state index is 12.9. The van der Waals surface area contributed by atoms with Crippen LogP contribution in [0, 0.1) is 0 Å². The lowest BCUT2D eigenvalue weighted by Gasteiger charge is -2.32. The minimum atomic E-state index is -0.224. The molecule has 0 saturated carbocycles. The van der Waals surface area contributed by atoms with Gasteiger partial charge in [0.05, 0.1) is 11.9 Å². The molecule has 6 nitrogen and oxygen atoms in total. The van der Waals surface area contributed by atoms with E-state index in [1.165, 1.54) is 6.08 Å². The summed E-state index contributed by atoms with van der Waals surface area (Å²) in [6, 6.07) is 1.86. The molecule has 0 unspecified atom stereocenters. The molecule has 146 valence electrons. The summed E-state index contributed by atoms with van der Waals surface area (Å²) in [5.41, 5.74) is 2.29. The predicted molar refractivity (Wildman–Crippen MR) is 115 cm³/mol. The number of allylic oxidation sites excluding steroid dienone is 3. The van der Waals surface area contributed by atoms with Crippen molar-refractivity contribution in [1.82, 2.24) is 15.2 Å². The fourth-order valence-electron chi connectivity index (χ4n) is 3.32. The third-order valence-corrected chi connectivity index (χ3v) is 4.51. The van der Waals surface area contributed by atoms with E-state index in [0.717, 1.165) is 41.0 Å². The van der Waals surface area contributed by atoms with Crippen molar-refractivity contribution in [2.45, 2.75) is 27.2 Å². The van der Waals surface area contributed by atoms with Gasteiger partial charge in [0.15, 0.2) is 0 Å². The van der Waals surface area contributed by atoms with Crippen LogP contribution in [-0.4, -0.2) is 33.9 Å². The van der Waals surface area contributed by atoms with Crippen LogP contribution < -0.4 is 21.4 Å². The molecule has 3 heterocycles. The van der Waals surface area contributed by atoms with Gasteiger partial charge >= 0.3 is 0 Å². The van der Waals surface area contributed by atoms with E-state index in [4.69, 9.17) is 0 Å². The van der Waals surface area contributed by atoms with Gasteiger partial charge in [-0.2, -0.15) is 0 Å². The van der Waals surface area contributed by atoms with Crippen molar-refractivity contribution in [3.8, 4) is 0 Å². The molecule has 0 bridgehead atoms. The van der Waals surface area contributed by atoms with E-state index in [0.29, 0.717) is 17.5 Å². The van der Waals surface area contributed by atoms with Gasteiger partial charge in [-0.3, -0.25) is 14.7 Å². The largest absolute Gasteiger partial charge is 0.509 e. The average molecular weight is 378 g/mol. The third-order valence-electron chi connectivity index (χ3n) is 4.51. The van der Waals surface area contributed by atoms with E-state index in [-0.39, 0.29) is 11.3 Å². The fraction of sp³-hybridized carbons (Fsp3) is 0.273. The van der Waals surface area contributed by atoms with Crippen molar-refractivity contribution in [2.75, 3.05) is 13.1 Å². The van der Waals surface area contributed by atoms with Gasteiger partial charge in [-0.05, 0) is 43.2 Å². The molecular formula is C22H26N4O2. The van der Waals surface area contributed by atoms with Crippen LogP contribution in [0.2, 0.25) is 0 Å². The summed E-state index contributed by atoms with van der Waals surface area (Å²) in [5, 5.41) is 14.3. The first-order chi connectivity index (χ1) is 13.4. The van der Waals surface area contributed by atoms with Crippen molar-refractivity contribution in [2.24, 2.45) is 4.99 Å². The summed E-state index contributed by atoms with van der Waals surface area (Å²) in [7, 11) is 0. The molecule has 3 N–H and O–H groups in total. The molecule has 0 aromatic carbocycles. The summed E-state index contributed by atoms with van der Waals surface area (Å²) in [5.74, 6) is 1.62. The van der Waals surface area contributed by atoms with E-state index in [1.807, 2.05) is 56.2 Å². The van der Waals surface area contributed by atoms with Crippen LogP contribution >= 0.6 is 0 Å². The number of nitrogens with zero attached hydrogens (tertiary/aromatic N) is 2. The van der Waals surface area contributed by atoms with Crippen LogP contribution in [0.1, 0.15) is 32.8 Å². The van der Waals surface area contributed by atoms with E-state index in [1.54, 1.807) is 0 Å². The van der Waals surface area contributed by atoms with E-state index in [2.05, 4.69) is 21.9 Å². The Hall–Kier alpha value is -3.28. The number of rotatable bonds is 5. The first-order valence-electron chi connectivity index (χ1n) is 9.45. The van der Waals surface area contributed by atoms with Crippen molar-refractivity contribution in [3.05, 3.63) is 74.6 Å². The first kappa shape index (κ1) is 19.5. The van der Waals surface area contributed by atoms with Crippen molar-refractivity contribution < 1.29 is 5.11 Å². The zero-order valence-corrected chi connectivity index (χ0v) is 16.5. The highest BCUT2D eigenvalue weighted by Crippen LogP contribution is 2.25. The number of hydrogen-bond donors (Lipinski definition) is 3. The highest BCUT2D eigenvalue weighted by molar-refractivity contribution is 5.99. The smallest absolute Gasteiger partial charge is 0.256 e. The van der Waals surface area contributed by atoms with Crippen LogP contribution in [-0.2, 0) is 0 Å². The Bertz CT molecular complexity index is 1100. The lowest BCUT2D eigenvalue weighted by Crippen LogP contribution is -2.40. The SMILES string of the molecule is C=C(O)/C=c1/[nH]c(=O)c(C2=C(NCC)N3C=C(C)C=CC3=NC2)c/c1=C/CC. The summed E-state index contributed by atoms with van der Waals surface area (Å²) in [4.78, 5) is 22.4. The molecule has 0 radical (unpaired) electrons. The lowest BCUT2D eigenvalue weighted by molar-refractivity contribution is 0.444. The van der Waals surface area contributed by atoms with E-state index in [9.17, 15) is 9.90 Å². The highest BCUT2D eigenvalue weighted by atomic mass is 16.3. The molecule has 3 rings (SSSR count). The first-order valence-corrected chi connectivity index (χ1v) is 9.45. The molecular weight excluding hydrogens is 352 g/mol. The maximum absolute atomic E-state index is 12.9. The topological polar surface area (TPSA) is 80.7 Å². The van der Waals surface area contributed by atoms with E-state index < -0.39 is 0 Å². The molecule has 0 spiro atoms. The van der Waals surface area contributed by atoms with Gasteiger partial charge in [0.25, 0.3) is 5.56 Å². The Labute approximate surface area is 164 Å². The van der Waals surface area contributed by atoms with Gasteiger partial charge in [-0.15, -0.1) is 0 Å². The second-order valence-electron chi connectivity index (χ2n) is 6.74. The van der Waals surface area contributed by atoms with Crippen molar-refractivity contribution in [1.29, 1.82) is 0 Å². The number of aliphatic hydroxyl groups excluding tert-OH is 1. The monoisotopic (exact) mass is 378 g/mol. The quantitative estimate of drug-likeness (QED) is 0.684. The van der Waals surface area contributed by atoms with Gasteiger partial charge in [0.1, 0.15) is 17.4 Å². The van der Waals surface area contributed by atoms with Gasteiger partial charge in [-0.1, -0.05) is 25.7 Å². The number of amidine groups is 1. The van der Waals surface area contributed by atoms with Gasteiger partial charge < -0.3 is 15.4 Å². The Morgan fingerprint density at radius 3 is 2.89 bits per heavy atom. The number of pyridine rings is 1. The zero-order chi connectivity index (χ0) is 20.3. The molecule has 1 aromatic heterocycles. The Morgan fingerprint density at radius 2 is 2.21 bits per heavy atom. The highest BCUT2D eigenvalue weighted by Gasteiger charge is 2.25. The van der Waals surface area contributed by atoms with E-state index >= 15 is 0 Å². The number of aromatic amines is 1. The Morgan fingerprint density at radius 1 is 1.43 bits per heavy atom. The summed E-state index contributed by atoms with van der Waals surface area (Å²) in [6.07, 6.45) is 10.3. The average Bonchev–Trinajstić information content (AvgIpc) is 2.64. The molecule has 0 fully saturated rings. The second-order valence-corrected chi connectivity index (χ2v) is 6.74. The van der Waals surface area contributed by atoms with Gasteiger partial charge in [0, 0.05) is 30.0 Å². The molecule has 1 aromatic rings. The van der Waals surface area contributed by atoms with Crippen molar-refractivity contribution in [3.63, 3.8) is 0 Å². The molecule has 28 heavy (non-hydrogen) atoms. The minimum absolute atomic E-state index is 0.102. The van der Waals surface area contributed by atoms with Crippen LogP contribution in [0.15, 0.2) is 57.9 Å². The normalized spacial score (nSPS) is 17.5. The number of fused-ring (bicyclic) bond motifs is 1. The minimum Gasteiger partial charge on any atom is -0.509 e. The number of aliphatic imine (C=N–C) groups is 1. The lowest BCUT2D eigenvalue weighted by atomic mass is 10.0. The molecule has 0 aliphatic carbocycles. The number of aliphatic hydroxyl groups is 1. The number of hydrogen-bond acceptors (Lipinski definition) is 5. The van der Waals surface area contributed by atoms with Gasteiger partial charge in [0.2, 0.25) is 0 Å². The Balaban J connectivity index is 2.24. The van der Waals surface area contributed by atoms with Crippen LogP contribution in [0.4, 0.5) is 0 Å². The van der Waals surface area contributed by atoms with Crippen LogP contribution in [0.3, 0.4) is 0 Å². The molecule has 2 aliphatic rings.